The number of thiophene rings is 5. The minimum atomic E-state index is -0.744. The molecule has 0 saturated carbocycles. The Bertz CT molecular complexity index is 3340. The van der Waals surface area contributed by atoms with E-state index in [1.165, 1.54) is 51.1 Å². The van der Waals surface area contributed by atoms with Crippen LogP contribution in [-0.4, -0.2) is 57.3 Å². The molecule has 9 nitrogen and oxygen atoms in total. The number of fused-ring (bicyclic) bond motifs is 2. The van der Waals surface area contributed by atoms with E-state index in [9.17, 15) is 19.2 Å². The average Bonchev–Trinajstić information content (AvgIpc) is 4.19. The number of rotatable bonds is 10. The number of carbonyl (C=O) groups excluding carboxylic acids is 4. The number of carbonyl (C=O) groups is 4. The summed E-state index contributed by atoms with van der Waals surface area (Å²) < 4.78 is 24.4. The number of hydrogen-bond donors (Lipinski definition) is 0. The first-order chi connectivity index (χ1) is 32.0. The van der Waals surface area contributed by atoms with E-state index in [-0.39, 0.29) is 11.1 Å². The molecule has 66 heavy (non-hydrogen) atoms. The van der Waals surface area contributed by atoms with Crippen molar-refractivity contribution in [2.45, 2.75) is 13.8 Å². The van der Waals surface area contributed by atoms with Crippen LogP contribution in [0.15, 0.2) is 103 Å². The highest BCUT2D eigenvalue weighted by atomic mass is 32.1. The maximum atomic E-state index is 12.5. The van der Waals surface area contributed by atoms with Crippen LogP contribution in [0.1, 0.15) is 20.9 Å². The van der Waals surface area contributed by atoms with Gasteiger partial charge in [0.25, 0.3) is 0 Å². The van der Waals surface area contributed by atoms with Gasteiger partial charge in [0.05, 0.1) is 43.5 Å². The van der Waals surface area contributed by atoms with E-state index < -0.39 is 23.9 Å². The van der Waals surface area contributed by atoms with Crippen LogP contribution in [0, 0.1) is 13.8 Å². The summed E-state index contributed by atoms with van der Waals surface area (Å²) in [5.41, 5.74) is 7.53. The smallest absolute Gasteiger partial charge is 0.346 e. The topological polar surface area (TPSA) is 118 Å². The standard InChI is InChI=1S/C51H37NO8S6/c1-26-11-7-9-13-32(26)40-34-25-39(35-19-15-28(61-35)23-29-16-20-36(62-29)42(48(53)57-3)49(54)58-4)65-45(34)41(33-14-10-8-12-27(33)2)44-46(40)66-47(52-44)38-22-18-31(64-38)24-30-17-21-37(63-30)43(50(55)59-5)51(56)60-6/h7-25H,1-6H3/b29-23-,30-24-. The van der Waals surface area contributed by atoms with E-state index in [1.54, 1.807) is 57.5 Å². The Balaban J connectivity index is 1.20. The third kappa shape index (κ3) is 8.49. The molecular formula is C51H37NO8S6. The summed E-state index contributed by atoms with van der Waals surface area (Å²) in [4.78, 5) is 60.6. The normalized spacial score (nSPS) is 11.9. The van der Waals surface area contributed by atoms with Crippen molar-refractivity contribution in [3.8, 4) is 41.9 Å². The number of hydrogen-bond acceptors (Lipinski definition) is 15. The van der Waals surface area contributed by atoms with E-state index in [0.717, 1.165) is 92.1 Å². The summed E-state index contributed by atoms with van der Waals surface area (Å²) in [5.74, 6) is -2.97. The van der Waals surface area contributed by atoms with Gasteiger partial charge in [-0.1, -0.05) is 48.5 Å². The third-order valence-corrected chi connectivity index (χ3v) is 17.5. The fourth-order valence-electron chi connectivity index (χ4n) is 7.60. The molecule has 0 aliphatic heterocycles. The summed E-state index contributed by atoms with van der Waals surface area (Å²) in [6.45, 7) is 4.30. The van der Waals surface area contributed by atoms with Gasteiger partial charge < -0.3 is 18.9 Å². The van der Waals surface area contributed by atoms with Crippen molar-refractivity contribution in [1.82, 2.24) is 4.98 Å². The largest absolute Gasteiger partial charge is 0.465 e. The van der Waals surface area contributed by atoms with Crippen molar-refractivity contribution in [3.63, 3.8) is 0 Å². The van der Waals surface area contributed by atoms with Crippen molar-refractivity contribution < 1.29 is 38.1 Å². The molecule has 0 unspecified atom stereocenters. The van der Waals surface area contributed by atoms with Crippen LogP contribution in [-0.2, 0) is 38.1 Å². The van der Waals surface area contributed by atoms with Crippen molar-refractivity contribution in [3.05, 3.63) is 142 Å². The van der Waals surface area contributed by atoms with Crippen molar-refractivity contribution in [1.29, 1.82) is 0 Å². The second-order valence-electron chi connectivity index (χ2n) is 14.7. The zero-order chi connectivity index (χ0) is 46.2. The number of thiazole rings is 1. The van der Waals surface area contributed by atoms with Crippen molar-refractivity contribution >= 4 is 135 Å². The SMILES string of the molecule is COC(=O)C(C(=O)OC)=c1cc/c(=C/c2ccc(-c3cc4c(-c5ccccc5C)c5sc(-c6ccc(/C=c7/ccc(=C(C(=O)OC)C(=O)OC)s7)s6)nc5c(-c5ccccc5C)c4s3)s2)s1. The molecule has 9 rings (SSSR count). The highest BCUT2D eigenvalue weighted by Gasteiger charge is 2.26. The zero-order valence-electron chi connectivity index (χ0n) is 36.1. The van der Waals surface area contributed by atoms with Gasteiger partial charge in [0.1, 0.15) is 5.01 Å². The van der Waals surface area contributed by atoms with Gasteiger partial charge in [-0.15, -0.1) is 68.0 Å². The lowest BCUT2D eigenvalue weighted by Gasteiger charge is -2.14. The van der Waals surface area contributed by atoms with Gasteiger partial charge in [-0.25, -0.2) is 24.2 Å². The molecular weight excluding hydrogens is 947 g/mol. The lowest BCUT2D eigenvalue weighted by molar-refractivity contribution is -0.142. The minimum Gasteiger partial charge on any atom is -0.465 e. The average molecular weight is 984 g/mol. The highest BCUT2D eigenvalue weighted by Crippen LogP contribution is 2.52. The maximum absolute atomic E-state index is 12.5. The van der Waals surface area contributed by atoms with Crippen LogP contribution in [0.5, 0.6) is 0 Å². The Kier molecular flexibility index (Phi) is 12.8. The molecule has 0 atom stereocenters. The summed E-state index contributed by atoms with van der Waals surface area (Å²) in [5, 5.41) is 2.07. The molecule has 0 N–H and O–H groups in total. The van der Waals surface area contributed by atoms with E-state index in [2.05, 4.69) is 98.8 Å². The molecule has 0 aliphatic rings. The molecule has 15 heteroatoms. The van der Waals surface area contributed by atoms with Gasteiger partial charge >= 0.3 is 23.9 Å². The first-order valence-corrected chi connectivity index (χ1v) is 25.1. The van der Waals surface area contributed by atoms with Gasteiger partial charge in [-0.3, -0.25) is 0 Å². The van der Waals surface area contributed by atoms with E-state index >= 15 is 0 Å². The molecule has 6 heterocycles. The van der Waals surface area contributed by atoms with Crippen molar-refractivity contribution in [2.75, 3.05) is 28.4 Å². The molecule has 9 aromatic rings. The monoisotopic (exact) mass is 983 g/mol. The number of nitrogens with zero attached hydrogens (tertiary/aromatic N) is 1. The lowest BCUT2D eigenvalue weighted by Crippen LogP contribution is -2.21. The van der Waals surface area contributed by atoms with Crippen molar-refractivity contribution in [2.24, 2.45) is 0 Å². The molecule has 0 saturated heterocycles. The third-order valence-electron chi connectivity index (χ3n) is 10.7. The first kappa shape index (κ1) is 44.9. The Morgan fingerprint density at radius 3 is 1.48 bits per heavy atom. The molecule has 330 valence electrons. The first-order valence-electron chi connectivity index (χ1n) is 20.2. The van der Waals surface area contributed by atoms with Gasteiger partial charge in [0, 0.05) is 58.9 Å². The Labute approximate surface area is 402 Å². The predicted octanol–water partition coefficient (Wildman–Crippen LogP) is 9.69. The maximum Gasteiger partial charge on any atom is 0.346 e. The second kappa shape index (κ2) is 18.9. The number of aryl methyl sites for hydroxylation is 2. The molecule has 0 aliphatic carbocycles. The highest BCUT2D eigenvalue weighted by molar-refractivity contribution is 7.28. The number of aromatic nitrogens is 1. The van der Waals surface area contributed by atoms with Crippen LogP contribution in [0.4, 0.5) is 0 Å². The van der Waals surface area contributed by atoms with Crippen LogP contribution in [0.3, 0.4) is 0 Å². The number of benzene rings is 3. The van der Waals surface area contributed by atoms with Crippen LogP contribution >= 0.6 is 68.0 Å². The van der Waals surface area contributed by atoms with Crippen LogP contribution < -0.4 is 18.1 Å². The van der Waals surface area contributed by atoms with E-state index in [0.29, 0.717) is 9.06 Å². The quantitative estimate of drug-likeness (QED) is 0.0750. The van der Waals surface area contributed by atoms with Gasteiger partial charge in [0.2, 0.25) is 0 Å². The predicted molar refractivity (Wildman–Crippen MR) is 271 cm³/mol. The molecule has 0 bridgehead atoms. The van der Waals surface area contributed by atoms with Crippen LogP contribution in [0.25, 0.3) is 85.5 Å². The summed E-state index contributed by atoms with van der Waals surface area (Å²) in [6.07, 6.45) is 4.09. The number of esters is 4. The van der Waals surface area contributed by atoms with Crippen LogP contribution in [0.2, 0.25) is 0 Å². The van der Waals surface area contributed by atoms with E-state index in [4.69, 9.17) is 23.9 Å². The molecule has 0 amide bonds. The molecule has 0 fully saturated rings. The van der Waals surface area contributed by atoms with Gasteiger partial charge in [-0.05, 0) is 103 Å². The summed E-state index contributed by atoms with van der Waals surface area (Å²) >= 11 is 9.40. The Morgan fingerprint density at radius 2 is 0.970 bits per heavy atom. The Morgan fingerprint density at radius 1 is 0.485 bits per heavy atom. The molecule has 0 radical (unpaired) electrons. The Hall–Kier alpha value is -6.33. The van der Waals surface area contributed by atoms with Gasteiger partial charge in [0.15, 0.2) is 11.1 Å². The summed E-state index contributed by atoms with van der Waals surface area (Å²) in [7, 11) is 4.96. The van der Waals surface area contributed by atoms with Gasteiger partial charge in [-0.2, -0.15) is 0 Å². The molecule has 0 spiro atoms. The molecule has 6 aromatic heterocycles. The molecule has 3 aromatic carbocycles. The fourth-order valence-corrected chi connectivity index (χ4v) is 14.1. The lowest BCUT2D eigenvalue weighted by atomic mass is 9.92. The number of methoxy groups -OCH3 is 4. The summed E-state index contributed by atoms with van der Waals surface area (Å²) in [6, 6.07) is 34.9. The zero-order valence-corrected chi connectivity index (χ0v) is 41.0. The van der Waals surface area contributed by atoms with E-state index in [1.807, 2.05) is 18.2 Å². The fraction of sp³-hybridized carbons (Fsp3) is 0.118. The second-order valence-corrected chi connectivity index (χ2v) is 21.3. The minimum absolute atomic E-state index is 0.130. The number of ether oxygens (including phenoxy) is 4.